The van der Waals surface area contributed by atoms with Gasteiger partial charge >= 0.3 is 5.69 Å². The third kappa shape index (κ3) is 4.86. The van der Waals surface area contributed by atoms with Crippen LogP contribution in [0.15, 0.2) is 23.3 Å². The van der Waals surface area contributed by atoms with Crippen LogP contribution in [-0.4, -0.2) is 19.9 Å². The van der Waals surface area contributed by atoms with Crippen molar-refractivity contribution in [2.45, 2.75) is 3.79 Å². The van der Waals surface area contributed by atoms with E-state index in [4.69, 9.17) is 34.8 Å². The Morgan fingerprint density at radius 3 is 2.32 bits per heavy atom. The van der Waals surface area contributed by atoms with Gasteiger partial charge in [0.05, 0.1) is 22.1 Å². The van der Waals surface area contributed by atoms with Crippen molar-refractivity contribution in [2.24, 2.45) is 5.10 Å². The molecule has 0 aliphatic heterocycles. The Kier molecular flexibility index (Phi) is 4.87. The van der Waals surface area contributed by atoms with Gasteiger partial charge in [0.25, 0.3) is 5.69 Å². The monoisotopic (exact) mass is 326 g/mol. The summed E-state index contributed by atoms with van der Waals surface area (Å²) in [5.41, 5.74) is 1.27. The molecule has 0 atom stereocenters. The number of rotatable bonds is 4. The maximum absolute atomic E-state index is 10.8. The normalized spacial score (nSPS) is 11.5. The Morgan fingerprint density at radius 1 is 1.21 bits per heavy atom. The van der Waals surface area contributed by atoms with E-state index in [0.717, 1.165) is 24.4 Å². The molecule has 19 heavy (non-hydrogen) atoms. The molecule has 0 aromatic heterocycles. The first-order chi connectivity index (χ1) is 8.70. The van der Waals surface area contributed by atoms with Gasteiger partial charge in [-0.1, -0.05) is 34.8 Å². The van der Waals surface area contributed by atoms with E-state index in [0.29, 0.717) is 0 Å². The number of anilines is 1. The van der Waals surface area contributed by atoms with Crippen LogP contribution in [0.2, 0.25) is 0 Å². The van der Waals surface area contributed by atoms with Crippen molar-refractivity contribution in [1.29, 1.82) is 0 Å². The van der Waals surface area contributed by atoms with Gasteiger partial charge in [-0.3, -0.25) is 25.7 Å². The summed E-state index contributed by atoms with van der Waals surface area (Å²) in [5.74, 6) is 0. The molecule has 0 bridgehead atoms. The van der Waals surface area contributed by atoms with Gasteiger partial charge in [0.2, 0.25) is 3.79 Å². The number of hydrogen-bond donors (Lipinski definition) is 1. The number of alkyl halides is 3. The number of hydrogen-bond acceptors (Lipinski definition) is 6. The molecular weight excluding hydrogens is 322 g/mol. The van der Waals surface area contributed by atoms with Gasteiger partial charge in [-0.15, -0.1) is 0 Å². The molecule has 0 spiro atoms. The average Bonchev–Trinajstić information content (AvgIpc) is 2.27. The summed E-state index contributed by atoms with van der Waals surface area (Å²) in [6, 6.07) is 3.01. The van der Waals surface area contributed by atoms with E-state index in [2.05, 4.69) is 10.5 Å². The second kappa shape index (κ2) is 6.00. The standard InChI is InChI=1S/C8H5Cl3N4O4/c9-8(10,11)4-12-13-6-2-1-5(14(16)17)3-7(6)15(18)19/h1-4,13H/b12-4+. The van der Waals surface area contributed by atoms with E-state index in [-0.39, 0.29) is 5.69 Å². The summed E-state index contributed by atoms with van der Waals surface area (Å²) in [6.07, 6.45) is 0.892. The minimum absolute atomic E-state index is 0.0684. The number of halogens is 3. The number of non-ortho nitro benzene ring substituents is 1. The number of nitro groups is 2. The highest BCUT2D eigenvalue weighted by molar-refractivity contribution is 6.74. The van der Waals surface area contributed by atoms with Crippen molar-refractivity contribution in [2.75, 3.05) is 5.43 Å². The maximum Gasteiger partial charge on any atom is 0.301 e. The molecule has 11 heteroatoms. The largest absolute Gasteiger partial charge is 0.301 e. The quantitative estimate of drug-likeness (QED) is 0.395. The fraction of sp³-hybridized carbons (Fsp3) is 0.125. The Hall–Kier alpha value is -1.64. The lowest BCUT2D eigenvalue weighted by Gasteiger charge is -2.04. The van der Waals surface area contributed by atoms with Gasteiger partial charge in [0.1, 0.15) is 5.69 Å². The van der Waals surface area contributed by atoms with Crippen LogP contribution in [0.25, 0.3) is 0 Å². The minimum Gasteiger partial charge on any atom is -0.272 e. The molecule has 102 valence electrons. The van der Waals surface area contributed by atoms with Gasteiger partial charge in [0.15, 0.2) is 0 Å². The zero-order chi connectivity index (χ0) is 14.6. The van der Waals surface area contributed by atoms with Crippen LogP contribution in [-0.2, 0) is 0 Å². The summed E-state index contributed by atoms with van der Waals surface area (Å²) in [4.78, 5) is 19.7. The summed E-state index contributed by atoms with van der Waals surface area (Å²) < 4.78 is -1.76. The zero-order valence-corrected chi connectivity index (χ0v) is 11.2. The minimum atomic E-state index is -1.76. The Labute approximate surface area is 121 Å². The molecule has 0 radical (unpaired) electrons. The number of nitrogens with one attached hydrogen (secondary N) is 1. The molecule has 8 nitrogen and oxygen atoms in total. The van der Waals surface area contributed by atoms with Gasteiger partial charge < -0.3 is 0 Å². The summed E-state index contributed by atoms with van der Waals surface area (Å²) in [6.45, 7) is 0. The highest BCUT2D eigenvalue weighted by Gasteiger charge is 2.20. The predicted octanol–water partition coefficient (Wildman–Crippen LogP) is 3.27. The second-order valence-corrected chi connectivity index (χ2v) is 5.50. The highest BCUT2D eigenvalue weighted by atomic mass is 35.6. The van der Waals surface area contributed by atoms with Gasteiger partial charge in [-0.2, -0.15) is 5.10 Å². The Balaban J connectivity index is 3.04. The highest BCUT2D eigenvalue weighted by Crippen LogP contribution is 2.29. The smallest absolute Gasteiger partial charge is 0.272 e. The van der Waals surface area contributed by atoms with E-state index in [1.807, 2.05) is 0 Å². The number of hydrazone groups is 1. The van der Waals surface area contributed by atoms with E-state index < -0.39 is 25.0 Å². The van der Waals surface area contributed by atoms with Crippen molar-refractivity contribution >= 4 is 58.1 Å². The van der Waals surface area contributed by atoms with Crippen LogP contribution in [0.1, 0.15) is 0 Å². The maximum atomic E-state index is 10.8. The van der Waals surface area contributed by atoms with E-state index >= 15 is 0 Å². The van der Waals surface area contributed by atoms with Crippen molar-refractivity contribution in [3.63, 3.8) is 0 Å². The van der Waals surface area contributed by atoms with Gasteiger partial charge in [-0.05, 0) is 6.07 Å². The van der Waals surface area contributed by atoms with Crippen molar-refractivity contribution in [3.8, 4) is 0 Å². The first kappa shape index (κ1) is 15.4. The van der Waals surface area contributed by atoms with E-state index in [9.17, 15) is 20.2 Å². The third-order valence-electron chi connectivity index (χ3n) is 1.78. The fourth-order valence-corrected chi connectivity index (χ4v) is 1.20. The topological polar surface area (TPSA) is 111 Å². The lowest BCUT2D eigenvalue weighted by molar-refractivity contribution is -0.393. The molecule has 0 aliphatic carbocycles. The fourth-order valence-electron chi connectivity index (χ4n) is 1.05. The lowest BCUT2D eigenvalue weighted by Crippen LogP contribution is -2.06. The van der Waals surface area contributed by atoms with Gasteiger partial charge in [0, 0.05) is 6.07 Å². The van der Waals surface area contributed by atoms with E-state index in [1.54, 1.807) is 0 Å². The first-order valence-corrected chi connectivity index (χ1v) is 5.64. The number of nitro benzene ring substituents is 2. The first-order valence-electron chi connectivity index (χ1n) is 4.50. The molecule has 1 N–H and O–H groups in total. The molecule has 0 aliphatic rings. The average molecular weight is 328 g/mol. The molecule has 0 saturated carbocycles. The van der Waals surface area contributed by atoms with Crippen LogP contribution in [0.3, 0.4) is 0 Å². The molecular formula is C8H5Cl3N4O4. The molecule has 0 saturated heterocycles. The summed E-state index contributed by atoms with van der Waals surface area (Å²) >= 11 is 16.2. The molecule has 0 amide bonds. The molecule has 0 fully saturated rings. The van der Waals surface area contributed by atoms with Gasteiger partial charge in [-0.25, -0.2) is 0 Å². The molecule has 1 rings (SSSR count). The van der Waals surface area contributed by atoms with Crippen molar-refractivity contribution < 1.29 is 9.85 Å². The van der Waals surface area contributed by atoms with Crippen molar-refractivity contribution in [1.82, 2.24) is 0 Å². The second-order valence-electron chi connectivity index (χ2n) is 3.13. The Morgan fingerprint density at radius 2 is 1.84 bits per heavy atom. The van der Waals surface area contributed by atoms with Crippen LogP contribution in [0.4, 0.5) is 17.1 Å². The van der Waals surface area contributed by atoms with Crippen LogP contribution in [0.5, 0.6) is 0 Å². The molecule has 0 unspecified atom stereocenters. The predicted molar refractivity (Wildman–Crippen MR) is 72.2 cm³/mol. The number of benzene rings is 1. The number of nitrogens with zero attached hydrogens (tertiary/aromatic N) is 3. The molecule has 1 aromatic rings. The lowest BCUT2D eigenvalue weighted by atomic mass is 10.2. The van der Waals surface area contributed by atoms with Crippen LogP contribution in [0, 0.1) is 20.2 Å². The third-order valence-corrected chi connectivity index (χ3v) is 2.08. The van der Waals surface area contributed by atoms with Crippen LogP contribution >= 0.6 is 34.8 Å². The molecule has 0 heterocycles. The summed E-state index contributed by atoms with van der Waals surface area (Å²) in [5, 5.41) is 24.8. The zero-order valence-electron chi connectivity index (χ0n) is 8.92. The Bertz CT molecular complexity index is 543. The van der Waals surface area contributed by atoms with Crippen molar-refractivity contribution in [3.05, 3.63) is 38.4 Å². The summed E-state index contributed by atoms with van der Waals surface area (Å²) in [7, 11) is 0. The molecule has 1 aromatic carbocycles. The SMILES string of the molecule is O=[N+]([O-])c1ccc(N/N=C/C(Cl)(Cl)Cl)c([N+](=O)[O-])c1. The van der Waals surface area contributed by atoms with E-state index in [1.165, 1.54) is 0 Å². The van der Waals surface area contributed by atoms with Crippen LogP contribution < -0.4 is 5.43 Å².